The molecular weight excluding hydrogens is 264 g/mol. The third kappa shape index (κ3) is 2.45. The van der Waals surface area contributed by atoms with Crippen molar-refractivity contribution in [2.45, 2.75) is 25.0 Å². The summed E-state index contributed by atoms with van der Waals surface area (Å²) in [6.45, 7) is 2.00. The highest BCUT2D eigenvalue weighted by Crippen LogP contribution is 2.27. The highest BCUT2D eigenvalue weighted by molar-refractivity contribution is 7.89. The van der Waals surface area contributed by atoms with E-state index in [4.69, 9.17) is 5.14 Å². The number of sulfonamides is 1. The molecule has 1 aliphatic rings. The van der Waals surface area contributed by atoms with E-state index in [1.54, 1.807) is 0 Å². The molecule has 0 saturated carbocycles. The lowest BCUT2D eigenvalue weighted by atomic mass is 10.4. The zero-order valence-corrected chi connectivity index (χ0v) is 10.8. The summed E-state index contributed by atoms with van der Waals surface area (Å²) in [5, 5.41) is 13.2. The molecule has 9 heteroatoms. The van der Waals surface area contributed by atoms with Crippen molar-refractivity contribution >= 4 is 32.4 Å². The van der Waals surface area contributed by atoms with E-state index in [-0.39, 0.29) is 18.9 Å². The van der Waals surface area contributed by atoms with Crippen molar-refractivity contribution in [3.8, 4) is 0 Å². The fourth-order valence-electron chi connectivity index (χ4n) is 1.58. The van der Waals surface area contributed by atoms with Crippen LogP contribution in [0.4, 0.5) is 5.13 Å². The van der Waals surface area contributed by atoms with Crippen LogP contribution < -0.4 is 10.0 Å². The average molecular weight is 276 g/mol. The molecule has 7 nitrogen and oxygen atoms in total. The Hall–Kier alpha value is -1.06. The van der Waals surface area contributed by atoms with E-state index in [1.807, 2.05) is 6.92 Å². The zero-order valence-electron chi connectivity index (χ0n) is 9.16. The number of aryl methyl sites for hydroxylation is 1. The standard InChI is InChI=1S/C8H12N4O3S2/c1-2-6-10-11-8(16-6)12-4-5(3-7(12)13)17(9,14)15/h5H,2-4H2,1H3,(H2,9,14,15). The topological polar surface area (TPSA) is 106 Å². The van der Waals surface area contributed by atoms with E-state index >= 15 is 0 Å². The Morgan fingerprint density at radius 1 is 1.53 bits per heavy atom. The number of carbonyl (C=O) groups excluding carboxylic acids is 1. The summed E-state index contributed by atoms with van der Waals surface area (Å²) in [5.74, 6) is -0.275. The summed E-state index contributed by atoms with van der Waals surface area (Å²) in [7, 11) is -3.68. The molecule has 1 fully saturated rings. The Morgan fingerprint density at radius 3 is 2.71 bits per heavy atom. The first-order chi connectivity index (χ1) is 7.91. The maximum absolute atomic E-state index is 11.7. The fraction of sp³-hybridized carbons (Fsp3) is 0.625. The molecule has 1 aromatic rings. The minimum atomic E-state index is -3.68. The van der Waals surface area contributed by atoms with Crippen molar-refractivity contribution in [3.63, 3.8) is 0 Å². The Bertz CT molecular complexity index is 539. The largest absolute Gasteiger partial charge is 0.285 e. The quantitative estimate of drug-likeness (QED) is 0.800. The first-order valence-corrected chi connectivity index (χ1v) is 7.48. The van der Waals surface area contributed by atoms with Crippen LogP contribution in [0.2, 0.25) is 0 Å². The van der Waals surface area contributed by atoms with Crippen LogP contribution in [0.25, 0.3) is 0 Å². The predicted octanol–water partition coefficient (Wildman–Crippen LogP) is -0.506. The molecule has 0 radical (unpaired) electrons. The Labute approximate surface area is 103 Å². The number of hydrogen-bond acceptors (Lipinski definition) is 6. The van der Waals surface area contributed by atoms with Gasteiger partial charge in [0.2, 0.25) is 21.1 Å². The molecule has 2 N–H and O–H groups in total. The lowest BCUT2D eigenvalue weighted by molar-refractivity contribution is -0.117. The highest BCUT2D eigenvalue weighted by Gasteiger charge is 2.38. The fourth-order valence-corrected chi connectivity index (χ4v) is 3.11. The first kappa shape index (κ1) is 12.4. The number of amides is 1. The molecule has 0 spiro atoms. The summed E-state index contributed by atoms with van der Waals surface area (Å²) < 4.78 is 22.4. The van der Waals surface area contributed by atoms with E-state index in [0.717, 1.165) is 11.4 Å². The molecule has 94 valence electrons. The monoisotopic (exact) mass is 276 g/mol. The van der Waals surface area contributed by atoms with Gasteiger partial charge in [-0.1, -0.05) is 18.3 Å². The second kappa shape index (κ2) is 4.31. The van der Waals surface area contributed by atoms with Crippen LogP contribution in [-0.4, -0.2) is 36.3 Å². The number of carbonyl (C=O) groups is 1. The third-order valence-electron chi connectivity index (χ3n) is 2.54. The van der Waals surface area contributed by atoms with Crippen LogP contribution in [0.3, 0.4) is 0 Å². The van der Waals surface area contributed by atoms with Gasteiger partial charge in [-0.3, -0.25) is 9.69 Å². The van der Waals surface area contributed by atoms with Gasteiger partial charge in [0.1, 0.15) is 10.3 Å². The van der Waals surface area contributed by atoms with Gasteiger partial charge in [0.15, 0.2) is 0 Å². The number of nitrogens with zero attached hydrogens (tertiary/aromatic N) is 3. The van der Waals surface area contributed by atoms with E-state index in [9.17, 15) is 13.2 Å². The Balaban J connectivity index is 2.21. The number of hydrogen-bond donors (Lipinski definition) is 1. The van der Waals surface area contributed by atoms with Crippen LogP contribution in [0.1, 0.15) is 18.4 Å². The summed E-state index contributed by atoms with van der Waals surface area (Å²) in [6.07, 6.45) is 0.651. The molecule has 0 aromatic carbocycles. The van der Waals surface area contributed by atoms with Crippen molar-refractivity contribution in [2.24, 2.45) is 5.14 Å². The molecule has 17 heavy (non-hydrogen) atoms. The normalized spacial score (nSPS) is 21.2. The maximum Gasteiger partial charge on any atom is 0.230 e. The Morgan fingerprint density at radius 2 is 2.24 bits per heavy atom. The van der Waals surface area contributed by atoms with Crippen LogP contribution in [0.5, 0.6) is 0 Å². The molecule has 1 amide bonds. The minimum absolute atomic E-state index is 0.0655. The van der Waals surface area contributed by atoms with Gasteiger partial charge in [0, 0.05) is 13.0 Å². The van der Waals surface area contributed by atoms with Gasteiger partial charge in [0.25, 0.3) is 0 Å². The SMILES string of the molecule is CCc1nnc(N2CC(S(N)(=O)=O)CC2=O)s1. The van der Waals surface area contributed by atoms with Crippen LogP contribution in [0.15, 0.2) is 0 Å². The van der Waals surface area contributed by atoms with E-state index in [1.165, 1.54) is 16.2 Å². The number of primary sulfonamides is 1. The molecule has 0 aliphatic carbocycles. The second-order valence-corrected chi connectivity index (χ2v) is 6.64. The van der Waals surface area contributed by atoms with Crippen LogP contribution in [-0.2, 0) is 21.2 Å². The van der Waals surface area contributed by atoms with Crippen molar-refractivity contribution in [2.75, 3.05) is 11.4 Å². The van der Waals surface area contributed by atoms with Gasteiger partial charge in [-0.15, -0.1) is 10.2 Å². The van der Waals surface area contributed by atoms with Gasteiger partial charge in [-0.25, -0.2) is 13.6 Å². The molecule has 1 atom stereocenters. The molecule has 1 aromatic heterocycles. The lowest BCUT2D eigenvalue weighted by Gasteiger charge is -2.10. The first-order valence-electron chi connectivity index (χ1n) is 5.06. The van der Waals surface area contributed by atoms with E-state index in [2.05, 4.69) is 10.2 Å². The number of anilines is 1. The van der Waals surface area contributed by atoms with Gasteiger partial charge >= 0.3 is 0 Å². The number of rotatable bonds is 3. The van der Waals surface area contributed by atoms with Gasteiger partial charge < -0.3 is 0 Å². The molecular formula is C8H12N4O3S2. The minimum Gasteiger partial charge on any atom is -0.285 e. The van der Waals surface area contributed by atoms with Gasteiger partial charge in [-0.2, -0.15) is 0 Å². The second-order valence-electron chi connectivity index (χ2n) is 3.75. The number of aromatic nitrogens is 2. The summed E-state index contributed by atoms with van der Waals surface area (Å²) in [5.41, 5.74) is 0. The molecule has 1 saturated heterocycles. The van der Waals surface area contributed by atoms with E-state index < -0.39 is 15.3 Å². The van der Waals surface area contributed by atoms with Crippen molar-refractivity contribution in [1.82, 2.24) is 10.2 Å². The molecule has 0 bridgehead atoms. The summed E-state index contributed by atoms with van der Waals surface area (Å²) in [4.78, 5) is 13.0. The average Bonchev–Trinajstić information content (AvgIpc) is 2.82. The predicted molar refractivity (Wildman–Crippen MR) is 63.2 cm³/mol. The summed E-state index contributed by atoms with van der Waals surface area (Å²) in [6, 6.07) is 0. The van der Waals surface area contributed by atoms with Crippen LogP contribution >= 0.6 is 11.3 Å². The number of nitrogens with two attached hydrogens (primary N) is 1. The summed E-state index contributed by atoms with van der Waals surface area (Å²) >= 11 is 1.29. The Kier molecular flexibility index (Phi) is 3.15. The van der Waals surface area contributed by atoms with E-state index in [0.29, 0.717) is 5.13 Å². The lowest BCUT2D eigenvalue weighted by Crippen LogP contribution is -2.32. The smallest absolute Gasteiger partial charge is 0.230 e. The third-order valence-corrected chi connectivity index (χ3v) is 4.88. The maximum atomic E-state index is 11.7. The van der Waals surface area contributed by atoms with Gasteiger partial charge in [-0.05, 0) is 6.42 Å². The van der Waals surface area contributed by atoms with Crippen LogP contribution in [0, 0.1) is 0 Å². The zero-order chi connectivity index (χ0) is 12.6. The molecule has 2 rings (SSSR count). The van der Waals surface area contributed by atoms with Crippen molar-refractivity contribution < 1.29 is 13.2 Å². The molecule has 1 unspecified atom stereocenters. The van der Waals surface area contributed by atoms with Gasteiger partial charge in [0.05, 0.1) is 0 Å². The molecule has 2 heterocycles. The molecule has 1 aliphatic heterocycles. The van der Waals surface area contributed by atoms with Crippen molar-refractivity contribution in [3.05, 3.63) is 5.01 Å². The highest BCUT2D eigenvalue weighted by atomic mass is 32.2. The van der Waals surface area contributed by atoms with Crippen molar-refractivity contribution in [1.29, 1.82) is 0 Å².